The van der Waals surface area contributed by atoms with Gasteiger partial charge in [0.05, 0.1) is 18.8 Å². The minimum atomic E-state index is -0.711. The van der Waals surface area contributed by atoms with Crippen molar-refractivity contribution in [2.45, 2.75) is 96.2 Å². The molecule has 0 aliphatic heterocycles. The second-order valence-corrected chi connectivity index (χ2v) is 7.92. The lowest BCUT2D eigenvalue weighted by atomic mass is 9.87. The Kier molecular flexibility index (Phi) is 11.6. The third-order valence-electron chi connectivity index (χ3n) is 5.87. The molecule has 0 spiro atoms. The smallest absolute Gasteiger partial charge is 0.305 e. The molecule has 4 unspecified atom stereocenters. The van der Waals surface area contributed by atoms with Crippen LogP contribution in [0.15, 0.2) is 24.3 Å². The van der Waals surface area contributed by atoms with Crippen LogP contribution in [0.25, 0.3) is 0 Å². The number of aliphatic hydroxyl groups excluding tert-OH is 1. The number of rotatable bonds is 13. The summed E-state index contributed by atoms with van der Waals surface area (Å²) in [4.78, 5) is 11.1. The van der Waals surface area contributed by atoms with Gasteiger partial charge in [0.15, 0.2) is 0 Å². The summed E-state index contributed by atoms with van der Waals surface area (Å²) in [5.41, 5.74) is -0.711. The van der Waals surface area contributed by atoms with E-state index in [0.29, 0.717) is 12.3 Å². The van der Waals surface area contributed by atoms with Crippen molar-refractivity contribution < 1.29 is 19.7 Å². The molecule has 1 rings (SSSR count). The molecule has 4 atom stereocenters. The molecule has 2 N–H and O–H groups in total. The molecule has 27 heavy (non-hydrogen) atoms. The molecule has 0 saturated heterocycles. The van der Waals surface area contributed by atoms with Crippen LogP contribution in [0, 0.1) is 11.8 Å². The van der Waals surface area contributed by atoms with Gasteiger partial charge in [-0.2, -0.15) is 0 Å². The lowest BCUT2D eigenvalue weighted by Crippen LogP contribution is -2.25. The van der Waals surface area contributed by atoms with E-state index in [9.17, 15) is 15.0 Å². The van der Waals surface area contributed by atoms with Crippen LogP contribution in [0.3, 0.4) is 0 Å². The van der Waals surface area contributed by atoms with E-state index in [2.05, 4.69) is 29.9 Å². The summed E-state index contributed by atoms with van der Waals surface area (Å²) in [6.45, 7) is 4.21. The van der Waals surface area contributed by atoms with Gasteiger partial charge in [0.1, 0.15) is 0 Å². The van der Waals surface area contributed by atoms with Gasteiger partial charge in [0.2, 0.25) is 0 Å². The van der Waals surface area contributed by atoms with Gasteiger partial charge in [0.25, 0.3) is 0 Å². The number of carbonyl (C=O) groups excluding carboxylic acids is 1. The molecule has 1 saturated carbocycles. The fourth-order valence-corrected chi connectivity index (χ4v) is 3.85. The molecular weight excluding hydrogens is 340 g/mol. The Bertz CT molecular complexity index is 471. The molecule has 4 heteroatoms. The first kappa shape index (κ1) is 23.9. The number of carbonyl (C=O) groups is 1. The van der Waals surface area contributed by atoms with Crippen molar-refractivity contribution in [1.82, 2.24) is 0 Å². The second-order valence-electron chi connectivity index (χ2n) is 7.92. The molecule has 0 aromatic carbocycles. The average Bonchev–Trinajstić information content (AvgIpc) is 3.02. The van der Waals surface area contributed by atoms with Gasteiger partial charge in [-0.3, -0.25) is 4.79 Å². The maximum atomic E-state index is 11.1. The van der Waals surface area contributed by atoms with E-state index >= 15 is 0 Å². The Balaban J connectivity index is 2.50. The van der Waals surface area contributed by atoms with E-state index in [1.54, 1.807) is 0 Å². The second kappa shape index (κ2) is 13.1. The Morgan fingerprint density at radius 2 is 1.96 bits per heavy atom. The Morgan fingerprint density at radius 1 is 1.19 bits per heavy atom. The molecule has 0 aromatic rings. The fourth-order valence-electron chi connectivity index (χ4n) is 3.85. The number of hydrogen-bond donors (Lipinski definition) is 2. The summed E-state index contributed by atoms with van der Waals surface area (Å²) in [5.74, 6) is 0.376. The normalized spacial score (nSPS) is 25.3. The van der Waals surface area contributed by atoms with Gasteiger partial charge >= 0.3 is 5.97 Å². The van der Waals surface area contributed by atoms with Crippen LogP contribution in [0.5, 0.6) is 0 Å². The van der Waals surface area contributed by atoms with Crippen LogP contribution < -0.4 is 0 Å². The number of methoxy groups -OCH3 is 1. The molecule has 1 fully saturated rings. The Hall–Kier alpha value is -1.13. The van der Waals surface area contributed by atoms with Crippen LogP contribution in [-0.4, -0.2) is 35.0 Å². The van der Waals surface area contributed by atoms with Gasteiger partial charge < -0.3 is 14.9 Å². The fraction of sp³-hybridized carbons (Fsp3) is 0.783. The van der Waals surface area contributed by atoms with Crippen LogP contribution in [0.4, 0.5) is 0 Å². The largest absolute Gasteiger partial charge is 0.469 e. The van der Waals surface area contributed by atoms with Crippen molar-refractivity contribution in [3.8, 4) is 0 Å². The van der Waals surface area contributed by atoms with E-state index in [1.165, 1.54) is 7.11 Å². The summed E-state index contributed by atoms with van der Waals surface area (Å²) in [6, 6.07) is 0. The number of hydrogen-bond acceptors (Lipinski definition) is 4. The van der Waals surface area contributed by atoms with Crippen LogP contribution >= 0.6 is 0 Å². The highest BCUT2D eigenvalue weighted by atomic mass is 16.5. The quantitative estimate of drug-likeness (QED) is 0.270. The predicted octanol–water partition coefficient (Wildman–Crippen LogP) is 4.94. The van der Waals surface area contributed by atoms with Gasteiger partial charge in [-0.15, -0.1) is 0 Å². The van der Waals surface area contributed by atoms with Gasteiger partial charge in [-0.1, -0.05) is 57.4 Å². The Labute approximate surface area is 165 Å². The first-order valence-corrected chi connectivity index (χ1v) is 10.8. The first-order chi connectivity index (χ1) is 13.0. The SMILES string of the molecule is CCCCCC(O)(C=CC1CCC(O)C1CC=CCCCC(=O)OC)CC. The van der Waals surface area contributed by atoms with E-state index in [1.807, 2.05) is 13.0 Å². The van der Waals surface area contributed by atoms with E-state index in [0.717, 1.165) is 64.2 Å². The third-order valence-corrected chi connectivity index (χ3v) is 5.87. The minimum absolute atomic E-state index is 0.165. The highest BCUT2D eigenvalue weighted by Crippen LogP contribution is 2.36. The number of allylic oxidation sites excluding steroid dienone is 3. The molecule has 0 radical (unpaired) electrons. The molecule has 4 nitrogen and oxygen atoms in total. The molecule has 0 amide bonds. The summed E-state index contributed by atoms with van der Waals surface area (Å²) >= 11 is 0. The number of aliphatic hydroxyl groups is 2. The molecule has 1 aliphatic rings. The van der Waals surface area contributed by atoms with Crippen molar-refractivity contribution in [2.24, 2.45) is 11.8 Å². The van der Waals surface area contributed by atoms with Crippen molar-refractivity contribution >= 4 is 5.97 Å². The zero-order valence-electron chi connectivity index (χ0n) is 17.5. The zero-order chi connectivity index (χ0) is 20.1. The molecular formula is C23H40O4. The van der Waals surface area contributed by atoms with E-state index in [-0.39, 0.29) is 18.0 Å². The summed E-state index contributed by atoms with van der Waals surface area (Å²) in [6.07, 6.45) is 17.8. The molecule has 0 heterocycles. The van der Waals surface area contributed by atoms with Crippen molar-refractivity contribution in [3.05, 3.63) is 24.3 Å². The summed E-state index contributed by atoms with van der Waals surface area (Å²) < 4.78 is 4.64. The lowest BCUT2D eigenvalue weighted by Gasteiger charge is -2.25. The molecule has 1 aliphatic carbocycles. The maximum absolute atomic E-state index is 11.1. The van der Waals surface area contributed by atoms with Gasteiger partial charge in [-0.05, 0) is 56.8 Å². The van der Waals surface area contributed by atoms with Gasteiger partial charge in [0, 0.05) is 6.42 Å². The summed E-state index contributed by atoms with van der Waals surface area (Å²) in [5, 5.41) is 21.1. The monoisotopic (exact) mass is 380 g/mol. The number of ether oxygens (including phenoxy) is 1. The predicted molar refractivity (Wildman–Crippen MR) is 110 cm³/mol. The van der Waals surface area contributed by atoms with Crippen LogP contribution in [-0.2, 0) is 9.53 Å². The standard InChI is InChI=1S/C23H40O4/c1-4-6-11-17-23(26,5-2)18-16-19-14-15-21(24)20(19)12-9-7-8-10-13-22(25)27-3/h7,9,16,18-21,24,26H,4-6,8,10-15,17H2,1-3H3. The van der Waals surface area contributed by atoms with Gasteiger partial charge in [-0.25, -0.2) is 0 Å². The summed E-state index contributed by atoms with van der Waals surface area (Å²) in [7, 11) is 1.41. The average molecular weight is 381 g/mol. The lowest BCUT2D eigenvalue weighted by molar-refractivity contribution is -0.140. The minimum Gasteiger partial charge on any atom is -0.469 e. The Morgan fingerprint density at radius 3 is 2.63 bits per heavy atom. The highest BCUT2D eigenvalue weighted by Gasteiger charge is 2.33. The molecule has 0 bridgehead atoms. The van der Waals surface area contributed by atoms with Crippen LogP contribution in [0.2, 0.25) is 0 Å². The number of unbranched alkanes of at least 4 members (excludes halogenated alkanes) is 3. The van der Waals surface area contributed by atoms with Crippen molar-refractivity contribution in [1.29, 1.82) is 0 Å². The molecule has 0 aromatic heterocycles. The van der Waals surface area contributed by atoms with Crippen molar-refractivity contribution in [2.75, 3.05) is 7.11 Å². The van der Waals surface area contributed by atoms with Crippen molar-refractivity contribution in [3.63, 3.8) is 0 Å². The first-order valence-electron chi connectivity index (χ1n) is 10.8. The topological polar surface area (TPSA) is 66.8 Å². The third kappa shape index (κ3) is 9.07. The van der Waals surface area contributed by atoms with E-state index < -0.39 is 5.60 Å². The highest BCUT2D eigenvalue weighted by molar-refractivity contribution is 5.69. The maximum Gasteiger partial charge on any atom is 0.305 e. The number of esters is 1. The zero-order valence-corrected chi connectivity index (χ0v) is 17.5. The molecule has 156 valence electrons. The van der Waals surface area contributed by atoms with Crippen LogP contribution in [0.1, 0.15) is 84.5 Å². The van der Waals surface area contributed by atoms with E-state index in [4.69, 9.17) is 0 Å².